The Hall–Kier alpha value is -1.23. The molecule has 0 aliphatic heterocycles. The lowest BCUT2D eigenvalue weighted by molar-refractivity contribution is 0.271. The van der Waals surface area contributed by atoms with Crippen molar-refractivity contribution >= 4 is 21.8 Å². The molecule has 0 saturated carbocycles. The van der Waals surface area contributed by atoms with E-state index in [2.05, 4.69) is 34.9 Å². The van der Waals surface area contributed by atoms with E-state index in [0.29, 0.717) is 18.1 Å². The summed E-state index contributed by atoms with van der Waals surface area (Å²) in [6.45, 7) is 4.83. The molecular formula is C11H15BrN2O2. The summed E-state index contributed by atoms with van der Waals surface area (Å²) in [4.78, 5) is 0. The average molecular weight is 287 g/mol. The monoisotopic (exact) mass is 286 g/mol. The van der Waals surface area contributed by atoms with Gasteiger partial charge in [0.15, 0.2) is 5.84 Å². The van der Waals surface area contributed by atoms with Crippen LogP contribution in [0.2, 0.25) is 0 Å². The van der Waals surface area contributed by atoms with Gasteiger partial charge < -0.3 is 15.7 Å². The van der Waals surface area contributed by atoms with Crippen LogP contribution in [0.15, 0.2) is 27.8 Å². The molecule has 0 atom stereocenters. The standard InChI is InChI=1S/C11H15BrN2O2/c1-7(2)6-16-8-3-4-9(10(12)5-8)11(13)14-15/h3-5,7,15H,6H2,1-2H3,(H2,13,14). The molecule has 0 aromatic heterocycles. The number of halogens is 1. The van der Waals surface area contributed by atoms with Crippen molar-refractivity contribution in [2.75, 3.05) is 6.61 Å². The maximum atomic E-state index is 8.57. The topological polar surface area (TPSA) is 67.8 Å². The lowest BCUT2D eigenvalue weighted by Crippen LogP contribution is -2.14. The number of benzene rings is 1. The van der Waals surface area contributed by atoms with Gasteiger partial charge in [0.1, 0.15) is 5.75 Å². The minimum absolute atomic E-state index is 0.0716. The van der Waals surface area contributed by atoms with E-state index in [0.717, 1.165) is 10.2 Å². The maximum absolute atomic E-state index is 8.57. The zero-order chi connectivity index (χ0) is 12.1. The molecule has 16 heavy (non-hydrogen) atoms. The first-order valence-electron chi connectivity index (χ1n) is 4.95. The zero-order valence-electron chi connectivity index (χ0n) is 9.27. The highest BCUT2D eigenvalue weighted by Gasteiger charge is 2.06. The van der Waals surface area contributed by atoms with Crippen molar-refractivity contribution in [3.05, 3.63) is 28.2 Å². The van der Waals surface area contributed by atoms with Gasteiger partial charge in [-0.15, -0.1) is 0 Å². The Labute approximate surface area is 103 Å². The highest BCUT2D eigenvalue weighted by atomic mass is 79.9. The van der Waals surface area contributed by atoms with E-state index >= 15 is 0 Å². The Morgan fingerprint density at radius 3 is 2.75 bits per heavy atom. The third kappa shape index (κ3) is 3.41. The quantitative estimate of drug-likeness (QED) is 0.387. The van der Waals surface area contributed by atoms with Crippen molar-refractivity contribution in [1.29, 1.82) is 0 Å². The fourth-order valence-corrected chi connectivity index (χ4v) is 1.67. The van der Waals surface area contributed by atoms with Gasteiger partial charge in [-0.1, -0.05) is 19.0 Å². The van der Waals surface area contributed by atoms with Crippen LogP contribution in [-0.2, 0) is 0 Å². The number of nitrogens with zero attached hydrogens (tertiary/aromatic N) is 1. The predicted molar refractivity (Wildman–Crippen MR) is 67.0 cm³/mol. The summed E-state index contributed by atoms with van der Waals surface area (Å²) >= 11 is 3.34. The van der Waals surface area contributed by atoms with Crippen molar-refractivity contribution in [3.8, 4) is 5.75 Å². The van der Waals surface area contributed by atoms with Crippen molar-refractivity contribution < 1.29 is 9.94 Å². The normalized spacial score (nSPS) is 11.9. The number of hydrogen-bond donors (Lipinski definition) is 2. The first-order chi connectivity index (χ1) is 7.54. The highest BCUT2D eigenvalue weighted by Crippen LogP contribution is 2.23. The van der Waals surface area contributed by atoms with E-state index < -0.39 is 0 Å². The van der Waals surface area contributed by atoms with Crippen LogP contribution >= 0.6 is 15.9 Å². The van der Waals surface area contributed by atoms with E-state index in [1.165, 1.54) is 0 Å². The van der Waals surface area contributed by atoms with Gasteiger partial charge in [-0.25, -0.2) is 0 Å². The molecule has 0 bridgehead atoms. The van der Waals surface area contributed by atoms with Crippen LogP contribution in [0.3, 0.4) is 0 Å². The third-order valence-electron chi connectivity index (χ3n) is 1.91. The minimum Gasteiger partial charge on any atom is -0.493 e. The molecule has 0 aliphatic rings. The van der Waals surface area contributed by atoms with Gasteiger partial charge >= 0.3 is 0 Å². The Balaban J connectivity index is 2.83. The summed E-state index contributed by atoms with van der Waals surface area (Å²) in [5, 5.41) is 11.5. The number of nitrogens with two attached hydrogens (primary N) is 1. The second-order valence-corrected chi connectivity index (χ2v) is 4.69. The molecule has 1 aromatic carbocycles. The van der Waals surface area contributed by atoms with Gasteiger partial charge in [0.2, 0.25) is 0 Å². The molecule has 0 heterocycles. The minimum atomic E-state index is 0.0716. The average Bonchev–Trinajstić information content (AvgIpc) is 2.25. The zero-order valence-corrected chi connectivity index (χ0v) is 10.9. The van der Waals surface area contributed by atoms with Crippen molar-refractivity contribution in [2.24, 2.45) is 16.8 Å². The Kier molecular flexibility index (Phi) is 4.61. The van der Waals surface area contributed by atoms with E-state index in [1.807, 2.05) is 0 Å². The molecule has 0 radical (unpaired) electrons. The van der Waals surface area contributed by atoms with Crippen molar-refractivity contribution in [2.45, 2.75) is 13.8 Å². The summed E-state index contributed by atoms with van der Waals surface area (Å²) in [7, 11) is 0. The van der Waals surface area contributed by atoms with Crippen molar-refractivity contribution in [3.63, 3.8) is 0 Å². The second kappa shape index (κ2) is 5.75. The Morgan fingerprint density at radius 1 is 1.56 bits per heavy atom. The Bertz CT molecular complexity index is 392. The summed E-state index contributed by atoms with van der Waals surface area (Å²) in [5.74, 6) is 1.31. The van der Waals surface area contributed by atoms with Crippen LogP contribution in [-0.4, -0.2) is 17.6 Å². The molecule has 0 spiro atoms. The summed E-state index contributed by atoms with van der Waals surface area (Å²) in [5.41, 5.74) is 6.13. The lowest BCUT2D eigenvalue weighted by atomic mass is 10.2. The molecule has 0 fully saturated rings. The summed E-state index contributed by atoms with van der Waals surface area (Å²) in [6, 6.07) is 5.34. The van der Waals surface area contributed by atoms with E-state index in [1.54, 1.807) is 18.2 Å². The van der Waals surface area contributed by atoms with Gasteiger partial charge in [-0.3, -0.25) is 0 Å². The van der Waals surface area contributed by atoms with Crippen LogP contribution in [0.25, 0.3) is 0 Å². The molecule has 4 nitrogen and oxygen atoms in total. The lowest BCUT2D eigenvalue weighted by Gasteiger charge is -2.10. The highest BCUT2D eigenvalue weighted by molar-refractivity contribution is 9.10. The summed E-state index contributed by atoms with van der Waals surface area (Å²) in [6.07, 6.45) is 0. The van der Waals surface area contributed by atoms with Gasteiger partial charge in [-0.05, 0) is 40.0 Å². The van der Waals surface area contributed by atoms with Gasteiger partial charge in [0, 0.05) is 10.0 Å². The molecule has 0 unspecified atom stereocenters. The number of amidine groups is 1. The van der Waals surface area contributed by atoms with Crippen LogP contribution in [0.1, 0.15) is 19.4 Å². The molecule has 0 saturated heterocycles. The first-order valence-corrected chi connectivity index (χ1v) is 5.74. The van der Waals surface area contributed by atoms with Crippen LogP contribution in [0, 0.1) is 5.92 Å². The Morgan fingerprint density at radius 2 is 2.25 bits per heavy atom. The number of oxime groups is 1. The first kappa shape index (κ1) is 12.8. The molecule has 1 aromatic rings. The van der Waals surface area contributed by atoms with Gasteiger partial charge in [-0.2, -0.15) is 0 Å². The van der Waals surface area contributed by atoms with Crippen LogP contribution < -0.4 is 10.5 Å². The fraction of sp³-hybridized carbons (Fsp3) is 0.364. The van der Waals surface area contributed by atoms with Gasteiger partial charge in [0.05, 0.1) is 6.61 Å². The smallest absolute Gasteiger partial charge is 0.171 e. The fourth-order valence-electron chi connectivity index (χ4n) is 1.11. The number of rotatable bonds is 4. The largest absolute Gasteiger partial charge is 0.493 e. The molecule has 0 amide bonds. The number of hydrogen-bond acceptors (Lipinski definition) is 3. The summed E-state index contributed by atoms with van der Waals surface area (Å²) < 4.78 is 6.28. The van der Waals surface area contributed by atoms with Crippen LogP contribution in [0.4, 0.5) is 0 Å². The van der Waals surface area contributed by atoms with E-state index in [4.69, 9.17) is 15.7 Å². The molecular weight excluding hydrogens is 272 g/mol. The number of ether oxygens (including phenoxy) is 1. The third-order valence-corrected chi connectivity index (χ3v) is 2.56. The SMILES string of the molecule is CC(C)COc1ccc(/C(N)=N/O)c(Br)c1. The molecule has 88 valence electrons. The van der Waals surface area contributed by atoms with Gasteiger partial charge in [0.25, 0.3) is 0 Å². The molecule has 1 rings (SSSR count). The van der Waals surface area contributed by atoms with Crippen molar-refractivity contribution in [1.82, 2.24) is 0 Å². The molecule has 0 aliphatic carbocycles. The molecule has 5 heteroatoms. The maximum Gasteiger partial charge on any atom is 0.171 e. The van der Waals surface area contributed by atoms with E-state index in [9.17, 15) is 0 Å². The predicted octanol–water partition coefficient (Wildman–Crippen LogP) is 2.58. The van der Waals surface area contributed by atoms with E-state index in [-0.39, 0.29) is 5.84 Å². The van der Waals surface area contributed by atoms with Crippen LogP contribution in [0.5, 0.6) is 5.75 Å². The second-order valence-electron chi connectivity index (χ2n) is 3.83. The molecule has 3 N–H and O–H groups in total.